The van der Waals surface area contributed by atoms with Crippen LogP contribution >= 0.6 is 0 Å². The van der Waals surface area contributed by atoms with Crippen molar-refractivity contribution in [1.82, 2.24) is 9.55 Å². The number of nitrogens with one attached hydrogen (secondary N) is 1. The number of hydrogen-bond acceptors (Lipinski definition) is 8. The Bertz CT molecular complexity index is 1130. The van der Waals surface area contributed by atoms with E-state index in [9.17, 15) is 20.2 Å². The highest BCUT2D eigenvalue weighted by Crippen LogP contribution is 2.24. The number of amidine groups is 1. The highest BCUT2D eigenvalue weighted by Gasteiger charge is 2.23. The average molecular weight is 377 g/mol. The topological polar surface area (TPSA) is 141 Å². The molecule has 1 aliphatic heterocycles. The van der Waals surface area contributed by atoms with Crippen LogP contribution in [0.2, 0.25) is 0 Å². The minimum absolute atomic E-state index is 0.0217. The van der Waals surface area contributed by atoms with Crippen molar-refractivity contribution in [3.8, 4) is 0 Å². The summed E-state index contributed by atoms with van der Waals surface area (Å²) in [7, 11) is 0. The van der Waals surface area contributed by atoms with Crippen LogP contribution in [-0.4, -0.2) is 31.1 Å². The summed E-state index contributed by atoms with van der Waals surface area (Å²) in [6.45, 7) is 0. The number of aliphatic imine (C=N–C) groups is 2. The smallest absolute Gasteiger partial charge is 0.269 e. The number of fused-ring (bicyclic) bond motifs is 1. The monoisotopic (exact) mass is 377 g/mol. The van der Waals surface area contributed by atoms with E-state index in [1.807, 2.05) is 0 Å². The van der Waals surface area contributed by atoms with Crippen LogP contribution < -0.4 is 5.32 Å². The van der Waals surface area contributed by atoms with Gasteiger partial charge in [0.05, 0.1) is 15.5 Å². The van der Waals surface area contributed by atoms with E-state index in [0.717, 1.165) is 0 Å². The lowest BCUT2D eigenvalue weighted by molar-refractivity contribution is -0.385. The molecule has 138 valence electrons. The molecule has 0 saturated carbocycles. The summed E-state index contributed by atoms with van der Waals surface area (Å²) in [5, 5.41) is 24.6. The van der Waals surface area contributed by atoms with Crippen molar-refractivity contribution in [1.29, 1.82) is 0 Å². The lowest BCUT2D eigenvalue weighted by Crippen LogP contribution is -2.24. The zero-order valence-electron chi connectivity index (χ0n) is 14.1. The molecule has 0 spiro atoms. The molecule has 0 radical (unpaired) electrons. The average Bonchev–Trinajstić information content (AvgIpc) is 3.25. The summed E-state index contributed by atoms with van der Waals surface area (Å²) in [4.78, 5) is 33.6. The standard InChI is InChI=1S/C17H11N7O4/c25-23(26)13-5-1-11(2-6-13)19-15-16(22-10-9-18-17(22)21-15)20-12-3-7-14(8-4-12)24(27)28/h1-10H,(H,18,19,21). The van der Waals surface area contributed by atoms with Gasteiger partial charge >= 0.3 is 0 Å². The Labute approximate surface area is 157 Å². The first kappa shape index (κ1) is 17.0. The molecule has 11 nitrogen and oxygen atoms in total. The van der Waals surface area contributed by atoms with E-state index >= 15 is 0 Å². The SMILES string of the molecule is O=[N+]([O-])c1ccc(N=C2C(Nc3ccc([N+](=O)[O-])cc3)=Nc3nccn32)cc1. The Kier molecular flexibility index (Phi) is 4.09. The Morgan fingerprint density at radius 1 is 0.929 bits per heavy atom. The van der Waals surface area contributed by atoms with Crippen molar-refractivity contribution >= 4 is 40.4 Å². The van der Waals surface area contributed by atoms with E-state index in [0.29, 0.717) is 29.0 Å². The Morgan fingerprint density at radius 3 is 2.14 bits per heavy atom. The van der Waals surface area contributed by atoms with Crippen molar-refractivity contribution in [3.63, 3.8) is 0 Å². The number of aromatic nitrogens is 2. The Morgan fingerprint density at radius 2 is 1.54 bits per heavy atom. The summed E-state index contributed by atoms with van der Waals surface area (Å²) in [5.74, 6) is 1.26. The Hall–Kier alpha value is -4.41. The molecule has 0 saturated heterocycles. The van der Waals surface area contributed by atoms with Crippen molar-refractivity contribution in [3.05, 3.63) is 81.2 Å². The van der Waals surface area contributed by atoms with Gasteiger partial charge in [0.25, 0.3) is 11.4 Å². The molecule has 2 aromatic carbocycles. The molecule has 28 heavy (non-hydrogen) atoms. The third-order valence-corrected chi connectivity index (χ3v) is 3.91. The number of rotatable bonds is 4. The molecule has 4 rings (SSSR count). The predicted octanol–water partition coefficient (Wildman–Crippen LogP) is 3.43. The molecule has 0 amide bonds. The number of nitro benzene ring substituents is 2. The van der Waals surface area contributed by atoms with E-state index in [-0.39, 0.29) is 11.4 Å². The van der Waals surface area contributed by atoms with Crippen LogP contribution in [0.15, 0.2) is 70.9 Å². The third-order valence-electron chi connectivity index (χ3n) is 3.91. The maximum atomic E-state index is 10.8. The number of benzene rings is 2. The summed E-state index contributed by atoms with van der Waals surface area (Å²) < 4.78 is 1.66. The van der Waals surface area contributed by atoms with Gasteiger partial charge in [0.2, 0.25) is 5.95 Å². The molecule has 0 aliphatic carbocycles. The molecule has 11 heteroatoms. The molecule has 0 bridgehead atoms. The van der Waals surface area contributed by atoms with Gasteiger partial charge in [-0.1, -0.05) is 0 Å². The van der Waals surface area contributed by atoms with E-state index in [4.69, 9.17) is 0 Å². The fourth-order valence-corrected chi connectivity index (χ4v) is 2.57. The van der Waals surface area contributed by atoms with Crippen LogP contribution in [0.3, 0.4) is 0 Å². The van der Waals surface area contributed by atoms with Crippen LogP contribution in [0.1, 0.15) is 0 Å². The summed E-state index contributed by atoms with van der Waals surface area (Å²) >= 11 is 0. The minimum atomic E-state index is -0.483. The first-order valence-corrected chi connectivity index (χ1v) is 7.99. The zero-order valence-corrected chi connectivity index (χ0v) is 14.1. The van der Waals surface area contributed by atoms with Gasteiger partial charge in [-0.05, 0) is 24.3 Å². The zero-order chi connectivity index (χ0) is 19.7. The van der Waals surface area contributed by atoms with Crippen molar-refractivity contribution in [2.45, 2.75) is 0 Å². The lowest BCUT2D eigenvalue weighted by atomic mass is 10.2. The third kappa shape index (κ3) is 3.19. The summed E-state index contributed by atoms with van der Waals surface area (Å²) in [6, 6.07) is 11.7. The highest BCUT2D eigenvalue weighted by atomic mass is 16.6. The molecule has 0 atom stereocenters. The van der Waals surface area contributed by atoms with Crippen LogP contribution in [0.4, 0.5) is 28.7 Å². The van der Waals surface area contributed by atoms with Gasteiger partial charge in [-0.15, -0.1) is 0 Å². The maximum Gasteiger partial charge on any atom is 0.269 e. The second-order valence-electron chi connectivity index (χ2n) is 5.70. The molecule has 0 fully saturated rings. The van der Waals surface area contributed by atoms with Crippen molar-refractivity contribution < 1.29 is 9.85 Å². The van der Waals surface area contributed by atoms with Gasteiger partial charge in [0.1, 0.15) is 0 Å². The van der Waals surface area contributed by atoms with Crippen LogP contribution in [-0.2, 0) is 0 Å². The van der Waals surface area contributed by atoms with Crippen molar-refractivity contribution in [2.24, 2.45) is 9.98 Å². The van der Waals surface area contributed by atoms with E-state index in [2.05, 4.69) is 20.3 Å². The van der Waals surface area contributed by atoms with Gasteiger partial charge in [0.15, 0.2) is 11.7 Å². The molecule has 2 heterocycles. The molecule has 1 aromatic heterocycles. The highest BCUT2D eigenvalue weighted by molar-refractivity contribution is 6.48. The number of nitrogens with zero attached hydrogens (tertiary/aromatic N) is 6. The lowest BCUT2D eigenvalue weighted by Gasteiger charge is -2.08. The molecule has 0 unspecified atom stereocenters. The van der Waals surface area contributed by atoms with Crippen LogP contribution in [0.25, 0.3) is 0 Å². The number of non-ortho nitro benzene ring substituents is 2. The molecule has 1 aliphatic rings. The number of hydrogen-bond donors (Lipinski definition) is 1. The number of anilines is 1. The van der Waals surface area contributed by atoms with Gasteiger partial charge in [0, 0.05) is 42.3 Å². The molecule has 3 aromatic rings. The fraction of sp³-hybridized carbons (Fsp3) is 0. The second kappa shape index (κ2) is 6.72. The van der Waals surface area contributed by atoms with Crippen LogP contribution in [0.5, 0.6) is 0 Å². The van der Waals surface area contributed by atoms with Crippen LogP contribution in [0, 0.1) is 20.2 Å². The van der Waals surface area contributed by atoms with E-state index in [1.54, 1.807) is 29.1 Å². The quantitative estimate of drug-likeness (QED) is 0.545. The molecular weight excluding hydrogens is 366 g/mol. The van der Waals surface area contributed by atoms with Gasteiger partial charge < -0.3 is 5.32 Å². The first-order chi connectivity index (χ1) is 13.5. The summed E-state index contributed by atoms with van der Waals surface area (Å²) in [6.07, 6.45) is 3.26. The number of imidazole rings is 1. The maximum absolute atomic E-state index is 10.8. The van der Waals surface area contributed by atoms with E-state index in [1.165, 1.54) is 36.4 Å². The molecular formula is C17H11N7O4. The van der Waals surface area contributed by atoms with Gasteiger partial charge in [-0.2, -0.15) is 4.99 Å². The number of nitro groups is 2. The predicted molar refractivity (Wildman–Crippen MR) is 102 cm³/mol. The first-order valence-electron chi connectivity index (χ1n) is 7.99. The summed E-state index contributed by atoms with van der Waals surface area (Å²) in [5.41, 5.74) is 1.04. The normalized spacial score (nSPS) is 13.9. The van der Waals surface area contributed by atoms with Gasteiger partial charge in [-0.25, -0.2) is 9.98 Å². The minimum Gasteiger partial charge on any atom is -0.337 e. The Balaban J connectivity index is 1.65. The second-order valence-corrected chi connectivity index (χ2v) is 5.70. The fourth-order valence-electron chi connectivity index (χ4n) is 2.57. The molecule has 1 N–H and O–H groups in total. The van der Waals surface area contributed by atoms with E-state index < -0.39 is 9.85 Å². The van der Waals surface area contributed by atoms with Crippen molar-refractivity contribution in [2.75, 3.05) is 5.32 Å². The largest absolute Gasteiger partial charge is 0.337 e. The van der Waals surface area contributed by atoms with Gasteiger partial charge in [-0.3, -0.25) is 24.8 Å².